The van der Waals surface area contributed by atoms with Crippen LogP contribution in [0.15, 0.2) is 24.3 Å². The Hall–Kier alpha value is -1.51. The molecule has 0 fully saturated rings. The molecule has 0 radical (unpaired) electrons. The van der Waals surface area contributed by atoms with Crippen LogP contribution in [0.4, 0.5) is 0 Å². The van der Waals surface area contributed by atoms with Gasteiger partial charge < -0.3 is 9.84 Å². The Balaban J connectivity index is 2.60. The SMILES string of the molecule is CCOC(=O)CC(C)c1cccc(O)c1. The van der Waals surface area contributed by atoms with Gasteiger partial charge in [-0.3, -0.25) is 4.79 Å². The Bertz CT molecular complexity index is 333. The van der Waals surface area contributed by atoms with Gasteiger partial charge in [-0.05, 0) is 30.5 Å². The maximum Gasteiger partial charge on any atom is 0.306 e. The summed E-state index contributed by atoms with van der Waals surface area (Å²) in [5.74, 6) is 0.0905. The molecule has 1 rings (SSSR count). The number of ether oxygens (including phenoxy) is 1. The highest BCUT2D eigenvalue weighted by atomic mass is 16.5. The van der Waals surface area contributed by atoms with Crippen LogP contribution in [0.2, 0.25) is 0 Å². The van der Waals surface area contributed by atoms with Crippen molar-refractivity contribution in [2.45, 2.75) is 26.2 Å². The number of rotatable bonds is 4. The lowest BCUT2D eigenvalue weighted by atomic mass is 9.98. The molecule has 0 saturated carbocycles. The fourth-order valence-corrected chi connectivity index (χ4v) is 1.42. The maximum absolute atomic E-state index is 11.2. The van der Waals surface area contributed by atoms with Gasteiger partial charge in [-0.1, -0.05) is 19.1 Å². The molecular formula is C12H16O3. The lowest BCUT2D eigenvalue weighted by molar-refractivity contribution is -0.143. The van der Waals surface area contributed by atoms with Crippen LogP contribution >= 0.6 is 0 Å². The van der Waals surface area contributed by atoms with E-state index >= 15 is 0 Å². The van der Waals surface area contributed by atoms with Gasteiger partial charge in [-0.2, -0.15) is 0 Å². The Labute approximate surface area is 89.7 Å². The molecule has 0 aromatic heterocycles. The molecule has 1 aromatic rings. The van der Waals surface area contributed by atoms with Gasteiger partial charge in [-0.25, -0.2) is 0 Å². The molecule has 82 valence electrons. The van der Waals surface area contributed by atoms with E-state index in [4.69, 9.17) is 4.74 Å². The Morgan fingerprint density at radius 2 is 2.27 bits per heavy atom. The monoisotopic (exact) mass is 208 g/mol. The van der Waals surface area contributed by atoms with E-state index in [2.05, 4.69) is 0 Å². The fourth-order valence-electron chi connectivity index (χ4n) is 1.42. The molecule has 0 spiro atoms. The minimum Gasteiger partial charge on any atom is -0.508 e. The van der Waals surface area contributed by atoms with Crippen LogP contribution in [0.5, 0.6) is 5.75 Å². The summed E-state index contributed by atoms with van der Waals surface area (Å²) in [7, 11) is 0. The summed E-state index contributed by atoms with van der Waals surface area (Å²) in [6.45, 7) is 4.13. The van der Waals surface area contributed by atoms with Crippen LogP contribution in [0.3, 0.4) is 0 Å². The van der Waals surface area contributed by atoms with Crippen LogP contribution < -0.4 is 0 Å². The third-order valence-electron chi connectivity index (χ3n) is 2.22. The first-order valence-corrected chi connectivity index (χ1v) is 5.08. The predicted octanol–water partition coefficient (Wildman–Crippen LogP) is 2.45. The maximum atomic E-state index is 11.2. The Kier molecular flexibility index (Phi) is 4.16. The van der Waals surface area contributed by atoms with E-state index in [9.17, 15) is 9.90 Å². The van der Waals surface area contributed by atoms with Gasteiger partial charge in [0.15, 0.2) is 0 Å². The molecule has 0 amide bonds. The zero-order valence-electron chi connectivity index (χ0n) is 9.06. The highest BCUT2D eigenvalue weighted by molar-refractivity contribution is 5.70. The summed E-state index contributed by atoms with van der Waals surface area (Å²) in [6, 6.07) is 6.94. The average Bonchev–Trinajstić information content (AvgIpc) is 2.18. The molecule has 0 aliphatic rings. The van der Waals surface area contributed by atoms with Gasteiger partial charge >= 0.3 is 5.97 Å². The fraction of sp³-hybridized carbons (Fsp3) is 0.417. The second-order valence-corrected chi connectivity index (χ2v) is 3.51. The number of hydrogen-bond donors (Lipinski definition) is 1. The standard InChI is InChI=1S/C12H16O3/c1-3-15-12(14)7-9(2)10-5-4-6-11(13)8-10/h4-6,8-9,13H,3,7H2,1-2H3. The summed E-state index contributed by atoms with van der Waals surface area (Å²) in [6.07, 6.45) is 0.345. The summed E-state index contributed by atoms with van der Waals surface area (Å²) in [4.78, 5) is 11.2. The molecule has 3 nitrogen and oxygen atoms in total. The van der Waals surface area contributed by atoms with E-state index in [1.807, 2.05) is 13.0 Å². The van der Waals surface area contributed by atoms with Gasteiger partial charge in [0.05, 0.1) is 13.0 Å². The van der Waals surface area contributed by atoms with Crippen LogP contribution in [0, 0.1) is 0 Å². The highest BCUT2D eigenvalue weighted by Crippen LogP contribution is 2.22. The summed E-state index contributed by atoms with van der Waals surface area (Å²) >= 11 is 0. The molecule has 0 heterocycles. The first-order chi connectivity index (χ1) is 7.13. The van der Waals surface area contributed by atoms with Gasteiger partial charge in [0, 0.05) is 0 Å². The van der Waals surface area contributed by atoms with Gasteiger partial charge in [0.1, 0.15) is 5.75 Å². The summed E-state index contributed by atoms with van der Waals surface area (Å²) in [5, 5.41) is 9.28. The number of benzene rings is 1. The smallest absolute Gasteiger partial charge is 0.306 e. The first kappa shape index (κ1) is 11.6. The van der Waals surface area contributed by atoms with Crippen LogP contribution in [-0.4, -0.2) is 17.7 Å². The summed E-state index contributed by atoms with van der Waals surface area (Å²) in [5.41, 5.74) is 0.947. The minimum absolute atomic E-state index is 0.0659. The van der Waals surface area contributed by atoms with Crippen LogP contribution in [0.25, 0.3) is 0 Å². The Morgan fingerprint density at radius 1 is 1.53 bits per heavy atom. The third-order valence-corrected chi connectivity index (χ3v) is 2.22. The van der Waals surface area contributed by atoms with Crippen molar-refractivity contribution in [3.8, 4) is 5.75 Å². The number of carbonyl (C=O) groups excluding carboxylic acids is 1. The molecule has 0 bridgehead atoms. The quantitative estimate of drug-likeness (QED) is 0.773. The molecule has 1 atom stereocenters. The number of esters is 1. The number of phenolic OH excluding ortho intramolecular Hbond substituents is 1. The van der Waals surface area contributed by atoms with E-state index in [1.54, 1.807) is 25.1 Å². The molecular weight excluding hydrogens is 192 g/mol. The normalized spacial score (nSPS) is 12.1. The lowest BCUT2D eigenvalue weighted by Crippen LogP contribution is -2.08. The van der Waals surface area contributed by atoms with E-state index in [-0.39, 0.29) is 17.6 Å². The molecule has 1 unspecified atom stereocenters. The van der Waals surface area contributed by atoms with Gasteiger partial charge in [0.25, 0.3) is 0 Å². The van der Waals surface area contributed by atoms with Crippen molar-refractivity contribution < 1.29 is 14.6 Å². The van der Waals surface area contributed by atoms with E-state index in [1.165, 1.54) is 0 Å². The van der Waals surface area contributed by atoms with Crippen molar-refractivity contribution in [1.29, 1.82) is 0 Å². The minimum atomic E-state index is -0.201. The molecule has 1 aromatic carbocycles. The highest BCUT2D eigenvalue weighted by Gasteiger charge is 2.12. The molecule has 0 aliphatic carbocycles. The number of carbonyl (C=O) groups is 1. The Morgan fingerprint density at radius 3 is 2.87 bits per heavy atom. The van der Waals surface area contributed by atoms with Crippen molar-refractivity contribution in [2.75, 3.05) is 6.61 Å². The zero-order chi connectivity index (χ0) is 11.3. The van der Waals surface area contributed by atoms with Gasteiger partial charge in [-0.15, -0.1) is 0 Å². The predicted molar refractivity (Wildman–Crippen MR) is 57.8 cm³/mol. The van der Waals surface area contributed by atoms with Crippen LogP contribution in [0.1, 0.15) is 31.7 Å². The van der Waals surface area contributed by atoms with E-state index in [0.29, 0.717) is 13.0 Å². The van der Waals surface area contributed by atoms with Crippen molar-refractivity contribution in [2.24, 2.45) is 0 Å². The molecule has 3 heteroatoms. The van der Waals surface area contributed by atoms with Gasteiger partial charge in [0.2, 0.25) is 0 Å². The topological polar surface area (TPSA) is 46.5 Å². The van der Waals surface area contributed by atoms with E-state index in [0.717, 1.165) is 5.56 Å². The molecule has 1 N–H and O–H groups in total. The molecule has 15 heavy (non-hydrogen) atoms. The lowest BCUT2D eigenvalue weighted by Gasteiger charge is -2.11. The second-order valence-electron chi connectivity index (χ2n) is 3.51. The van der Waals surface area contributed by atoms with Crippen LogP contribution in [-0.2, 0) is 9.53 Å². The molecule has 0 aliphatic heterocycles. The largest absolute Gasteiger partial charge is 0.508 e. The summed E-state index contributed by atoms with van der Waals surface area (Å²) < 4.78 is 4.86. The van der Waals surface area contributed by atoms with Crippen molar-refractivity contribution in [1.82, 2.24) is 0 Å². The van der Waals surface area contributed by atoms with Crippen molar-refractivity contribution in [3.63, 3.8) is 0 Å². The molecule has 0 saturated heterocycles. The number of aromatic hydroxyl groups is 1. The van der Waals surface area contributed by atoms with Crippen molar-refractivity contribution in [3.05, 3.63) is 29.8 Å². The number of phenols is 1. The van der Waals surface area contributed by atoms with Crippen molar-refractivity contribution >= 4 is 5.97 Å². The average molecular weight is 208 g/mol. The number of hydrogen-bond acceptors (Lipinski definition) is 3. The first-order valence-electron chi connectivity index (χ1n) is 5.08. The zero-order valence-corrected chi connectivity index (χ0v) is 9.06. The second kappa shape index (κ2) is 5.39. The van der Waals surface area contributed by atoms with E-state index < -0.39 is 0 Å². The third kappa shape index (κ3) is 3.62.